The Hall–Kier alpha value is -1.96. The Morgan fingerprint density at radius 2 is 2.22 bits per heavy atom. The first-order valence-electron chi connectivity index (χ1n) is 6.90. The average Bonchev–Trinajstić information content (AvgIpc) is 2.98. The summed E-state index contributed by atoms with van der Waals surface area (Å²) < 4.78 is 29.9. The molecule has 0 bridgehead atoms. The normalized spacial score (nSPS) is 17.2. The van der Waals surface area contributed by atoms with Gasteiger partial charge in [-0.2, -0.15) is 8.78 Å². The summed E-state index contributed by atoms with van der Waals surface area (Å²) in [5.41, 5.74) is 0.122. The molecule has 0 aliphatic carbocycles. The van der Waals surface area contributed by atoms with Crippen LogP contribution >= 0.6 is 15.9 Å². The van der Waals surface area contributed by atoms with Gasteiger partial charge < -0.3 is 15.0 Å². The molecule has 5 nitrogen and oxygen atoms in total. The number of benzene rings is 1. The highest BCUT2D eigenvalue weighted by Crippen LogP contribution is 2.30. The summed E-state index contributed by atoms with van der Waals surface area (Å²) >= 11 is 3.16. The molecule has 2 rings (SSSR count). The summed E-state index contributed by atoms with van der Waals surface area (Å²) in [5.74, 6) is -0.927. The largest absolute Gasteiger partial charge is 0.433 e. The number of likely N-dealkylation sites (tertiary alicyclic amines) is 1. The van der Waals surface area contributed by atoms with Gasteiger partial charge in [0.15, 0.2) is 5.75 Å². The Kier molecular flexibility index (Phi) is 5.70. The van der Waals surface area contributed by atoms with Crippen molar-refractivity contribution in [3.63, 3.8) is 0 Å². The minimum Gasteiger partial charge on any atom is -0.433 e. The molecule has 1 aromatic rings. The predicted molar refractivity (Wildman–Crippen MR) is 84.3 cm³/mol. The number of nitrogens with one attached hydrogen (secondary N) is 1. The predicted octanol–water partition coefficient (Wildman–Crippen LogP) is 3.17. The van der Waals surface area contributed by atoms with Crippen molar-refractivity contribution >= 4 is 33.4 Å². The van der Waals surface area contributed by atoms with E-state index in [9.17, 15) is 18.4 Å². The molecule has 1 saturated heterocycles. The van der Waals surface area contributed by atoms with E-state index in [1.54, 1.807) is 6.07 Å². The molecular weight excluding hydrogens is 374 g/mol. The number of alkyl halides is 2. The highest BCUT2D eigenvalue weighted by atomic mass is 79.9. The standard InChI is InChI=1S/C15H15BrF2N2O3/c1-2-13(21)20-7-3-4-11(20)14(22)19-10-6-5-9(16)8-12(10)23-15(17)18/h2,5-6,8,11,15H,1,3-4,7H2,(H,19,22). The first kappa shape index (κ1) is 17.4. The molecule has 1 N–H and O–H groups in total. The fourth-order valence-electron chi connectivity index (χ4n) is 2.43. The molecule has 0 spiro atoms. The van der Waals surface area contributed by atoms with Crippen molar-refractivity contribution in [2.24, 2.45) is 0 Å². The third-order valence-electron chi connectivity index (χ3n) is 3.43. The maximum atomic E-state index is 12.5. The number of nitrogens with zero attached hydrogens (tertiary/aromatic N) is 1. The van der Waals surface area contributed by atoms with Gasteiger partial charge in [-0.1, -0.05) is 22.5 Å². The lowest BCUT2D eigenvalue weighted by Crippen LogP contribution is -2.42. The number of carbonyl (C=O) groups is 2. The highest BCUT2D eigenvalue weighted by molar-refractivity contribution is 9.10. The van der Waals surface area contributed by atoms with E-state index in [-0.39, 0.29) is 17.3 Å². The van der Waals surface area contributed by atoms with Crippen molar-refractivity contribution < 1.29 is 23.1 Å². The third kappa shape index (κ3) is 4.28. The van der Waals surface area contributed by atoms with E-state index in [0.717, 1.165) is 6.08 Å². The summed E-state index contributed by atoms with van der Waals surface area (Å²) in [4.78, 5) is 25.5. The van der Waals surface area contributed by atoms with Crippen molar-refractivity contribution in [3.8, 4) is 5.75 Å². The minimum absolute atomic E-state index is 0.122. The SMILES string of the molecule is C=CC(=O)N1CCCC1C(=O)Nc1ccc(Br)cc1OC(F)F. The third-order valence-corrected chi connectivity index (χ3v) is 3.92. The molecule has 2 amide bonds. The van der Waals surface area contributed by atoms with Crippen LogP contribution in [0.2, 0.25) is 0 Å². The first-order valence-corrected chi connectivity index (χ1v) is 7.70. The van der Waals surface area contributed by atoms with Gasteiger partial charge in [0, 0.05) is 11.0 Å². The molecule has 1 aromatic carbocycles. The van der Waals surface area contributed by atoms with E-state index in [1.165, 1.54) is 17.0 Å². The van der Waals surface area contributed by atoms with Crippen molar-refractivity contribution in [2.45, 2.75) is 25.5 Å². The summed E-state index contributed by atoms with van der Waals surface area (Å²) in [5, 5.41) is 2.55. The second-order valence-corrected chi connectivity index (χ2v) is 5.82. The average molecular weight is 389 g/mol. The monoisotopic (exact) mass is 388 g/mol. The molecule has 1 heterocycles. The maximum Gasteiger partial charge on any atom is 0.387 e. The van der Waals surface area contributed by atoms with E-state index >= 15 is 0 Å². The van der Waals surface area contributed by atoms with Gasteiger partial charge in [0.2, 0.25) is 11.8 Å². The molecule has 23 heavy (non-hydrogen) atoms. The summed E-state index contributed by atoms with van der Waals surface area (Å²) in [6, 6.07) is 3.73. The Bertz CT molecular complexity index is 625. The van der Waals surface area contributed by atoms with E-state index in [2.05, 4.69) is 32.6 Å². The van der Waals surface area contributed by atoms with Gasteiger partial charge in [0.25, 0.3) is 0 Å². The van der Waals surface area contributed by atoms with Gasteiger partial charge in [0.1, 0.15) is 6.04 Å². The smallest absolute Gasteiger partial charge is 0.387 e. The Labute approximate surface area is 140 Å². The molecule has 1 fully saturated rings. The molecule has 1 atom stereocenters. The van der Waals surface area contributed by atoms with Crippen molar-refractivity contribution in [1.82, 2.24) is 4.90 Å². The number of amides is 2. The zero-order valence-corrected chi connectivity index (χ0v) is 13.7. The van der Waals surface area contributed by atoms with E-state index < -0.39 is 18.6 Å². The van der Waals surface area contributed by atoms with Gasteiger partial charge in [0.05, 0.1) is 5.69 Å². The minimum atomic E-state index is -3.01. The Morgan fingerprint density at radius 3 is 2.87 bits per heavy atom. The van der Waals surface area contributed by atoms with Crippen molar-refractivity contribution in [1.29, 1.82) is 0 Å². The molecular formula is C15H15BrF2N2O3. The number of carbonyl (C=O) groups excluding carboxylic acids is 2. The van der Waals surface area contributed by atoms with Gasteiger partial charge in [-0.25, -0.2) is 0 Å². The van der Waals surface area contributed by atoms with Crippen LogP contribution in [0.3, 0.4) is 0 Å². The quantitative estimate of drug-likeness (QED) is 0.788. The van der Waals surface area contributed by atoms with Crippen molar-refractivity contribution in [2.75, 3.05) is 11.9 Å². The summed E-state index contributed by atoms with van der Waals surface area (Å²) in [7, 11) is 0. The van der Waals surface area contributed by atoms with Gasteiger partial charge in [-0.3, -0.25) is 9.59 Å². The van der Waals surface area contributed by atoms with Gasteiger partial charge in [-0.15, -0.1) is 0 Å². The number of hydrogen-bond acceptors (Lipinski definition) is 3. The summed E-state index contributed by atoms with van der Waals surface area (Å²) in [6.45, 7) is 0.861. The molecule has 0 saturated carbocycles. The molecule has 0 radical (unpaired) electrons. The number of anilines is 1. The van der Waals surface area contributed by atoms with Crippen LogP contribution in [0.5, 0.6) is 5.75 Å². The number of halogens is 3. The molecule has 1 aliphatic heterocycles. The lowest BCUT2D eigenvalue weighted by Gasteiger charge is -2.23. The topological polar surface area (TPSA) is 58.6 Å². The second-order valence-electron chi connectivity index (χ2n) is 4.90. The van der Waals surface area contributed by atoms with E-state index in [4.69, 9.17) is 0 Å². The van der Waals surface area contributed by atoms with Crippen LogP contribution in [-0.4, -0.2) is 35.9 Å². The molecule has 124 valence electrons. The maximum absolute atomic E-state index is 12.5. The Morgan fingerprint density at radius 1 is 1.48 bits per heavy atom. The zero-order valence-electron chi connectivity index (χ0n) is 12.1. The molecule has 1 aliphatic rings. The number of ether oxygens (including phenoxy) is 1. The number of rotatable bonds is 5. The fourth-order valence-corrected chi connectivity index (χ4v) is 2.77. The van der Waals surface area contributed by atoms with Crippen LogP contribution in [0.4, 0.5) is 14.5 Å². The van der Waals surface area contributed by atoms with Crippen molar-refractivity contribution in [3.05, 3.63) is 35.3 Å². The Balaban J connectivity index is 2.16. The fraction of sp³-hybridized carbons (Fsp3) is 0.333. The van der Waals surface area contributed by atoms with E-state index in [1.807, 2.05) is 0 Å². The van der Waals surface area contributed by atoms with Gasteiger partial charge >= 0.3 is 6.61 Å². The van der Waals surface area contributed by atoms with E-state index in [0.29, 0.717) is 23.9 Å². The number of hydrogen-bond donors (Lipinski definition) is 1. The zero-order chi connectivity index (χ0) is 17.0. The van der Waals surface area contributed by atoms with Crippen LogP contribution in [0.15, 0.2) is 35.3 Å². The second kappa shape index (κ2) is 7.54. The molecule has 1 unspecified atom stereocenters. The lowest BCUT2D eigenvalue weighted by atomic mass is 10.2. The highest BCUT2D eigenvalue weighted by Gasteiger charge is 2.33. The first-order chi connectivity index (χ1) is 10.9. The van der Waals surface area contributed by atoms with Crippen LogP contribution in [0, 0.1) is 0 Å². The van der Waals surface area contributed by atoms with Gasteiger partial charge in [-0.05, 0) is 37.1 Å². The molecule has 8 heteroatoms. The molecule has 0 aromatic heterocycles. The lowest BCUT2D eigenvalue weighted by molar-refractivity contribution is -0.132. The van der Waals surface area contributed by atoms with Crippen LogP contribution in [0.1, 0.15) is 12.8 Å². The van der Waals surface area contributed by atoms with Crippen LogP contribution < -0.4 is 10.1 Å². The van der Waals surface area contributed by atoms with Crippen LogP contribution in [0.25, 0.3) is 0 Å². The summed E-state index contributed by atoms with van der Waals surface area (Å²) in [6.07, 6.45) is 2.35. The van der Waals surface area contributed by atoms with Crippen LogP contribution in [-0.2, 0) is 9.59 Å².